The van der Waals surface area contributed by atoms with E-state index in [0.717, 1.165) is 37.7 Å². The molecule has 0 aromatic carbocycles. The van der Waals surface area contributed by atoms with E-state index in [1.165, 1.54) is 19.4 Å². The van der Waals surface area contributed by atoms with Crippen LogP contribution in [0.4, 0.5) is 0 Å². The zero-order valence-electron chi connectivity index (χ0n) is 42.4. The van der Waals surface area contributed by atoms with Crippen molar-refractivity contribution in [2.45, 2.75) is 228 Å². The second-order valence-electron chi connectivity index (χ2n) is 23.2. The summed E-state index contributed by atoms with van der Waals surface area (Å²) in [5, 5.41) is 126. The number of rotatable bonds is 14. The van der Waals surface area contributed by atoms with Gasteiger partial charge in [-0.1, -0.05) is 32.4 Å². The number of allylic oxidation sites excluding steroid dienone is 2. The first-order valence-corrected chi connectivity index (χ1v) is 26.3. The van der Waals surface area contributed by atoms with Gasteiger partial charge in [-0.3, -0.25) is 4.79 Å². The van der Waals surface area contributed by atoms with Crippen LogP contribution in [-0.4, -0.2) is 222 Å². The lowest BCUT2D eigenvalue weighted by Gasteiger charge is -2.58. The fourth-order valence-corrected chi connectivity index (χ4v) is 14.4. The summed E-state index contributed by atoms with van der Waals surface area (Å²) in [6.45, 7) is 10.2. The van der Waals surface area contributed by atoms with Crippen LogP contribution in [0.15, 0.2) is 23.0 Å². The third kappa shape index (κ3) is 10.0. The molecule has 4 aliphatic carbocycles. The monoisotopic (exact) mass is 1040 g/mol. The van der Waals surface area contributed by atoms with Crippen molar-refractivity contribution in [1.82, 2.24) is 0 Å². The summed E-state index contributed by atoms with van der Waals surface area (Å²) in [6.07, 6.45) is -21.7. The summed E-state index contributed by atoms with van der Waals surface area (Å²) in [4.78, 5) is 13.8. The lowest BCUT2D eigenvalue weighted by Crippen LogP contribution is -2.66. The van der Waals surface area contributed by atoms with Gasteiger partial charge in [0.05, 0.1) is 38.1 Å². The molecule has 0 aromatic rings. The van der Waals surface area contributed by atoms with E-state index in [9.17, 15) is 66.1 Å². The molecule has 0 amide bonds. The predicted molar refractivity (Wildman–Crippen MR) is 248 cm³/mol. The van der Waals surface area contributed by atoms with Crippen LogP contribution in [0.3, 0.4) is 0 Å². The van der Waals surface area contributed by atoms with E-state index in [1.807, 2.05) is 13.8 Å². The molecule has 5 aliphatic heterocycles. The molecule has 0 unspecified atom stereocenters. The van der Waals surface area contributed by atoms with Crippen molar-refractivity contribution in [3.63, 3.8) is 0 Å². The molecular weight excluding hydrogens is 965 g/mol. The number of carbonyl (C=O) groups is 1. The molecule has 416 valence electrons. The Bertz CT molecular complexity index is 2010. The summed E-state index contributed by atoms with van der Waals surface area (Å²) >= 11 is 0. The lowest BCUT2D eigenvalue weighted by atomic mass is 9.47. The zero-order chi connectivity index (χ0) is 52.7. The zero-order valence-corrected chi connectivity index (χ0v) is 42.4. The molecule has 22 heteroatoms. The van der Waals surface area contributed by atoms with E-state index < -0.39 is 142 Å². The van der Waals surface area contributed by atoms with Crippen LogP contribution in [0.5, 0.6) is 0 Å². The Labute approximate surface area is 424 Å². The molecule has 0 spiro atoms. The summed E-state index contributed by atoms with van der Waals surface area (Å²) in [5.74, 6) is 1.14. The van der Waals surface area contributed by atoms with Crippen LogP contribution in [-0.2, 0) is 47.4 Å². The van der Waals surface area contributed by atoms with E-state index in [4.69, 9.17) is 42.6 Å². The molecule has 73 heavy (non-hydrogen) atoms. The van der Waals surface area contributed by atoms with Gasteiger partial charge in [0.2, 0.25) is 0 Å². The van der Waals surface area contributed by atoms with Crippen molar-refractivity contribution in [3.8, 4) is 0 Å². The molecule has 0 bridgehead atoms. The fourth-order valence-electron chi connectivity index (χ4n) is 14.4. The van der Waals surface area contributed by atoms with E-state index in [-0.39, 0.29) is 47.6 Å². The molecule has 9 rings (SSSR count). The van der Waals surface area contributed by atoms with Crippen molar-refractivity contribution in [2.24, 2.45) is 40.4 Å². The number of fused-ring (bicyclic) bond motifs is 7. The topological polar surface area (TPSA) is 343 Å². The number of hydrogen-bond acceptors (Lipinski definition) is 22. The van der Waals surface area contributed by atoms with Gasteiger partial charge in [0.25, 0.3) is 0 Å². The van der Waals surface area contributed by atoms with Gasteiger partial charge in [-0.2, -0.15) is 0 Å². The molecule has 9 aliphatic rings. The lowest BCUT2D eigenvalue weighted by molar-refractivity contribution is -0.388. The standard InChI is InChI=1S/C51H80O22/c1-19(18-65-46-39(61)38(60)35(57)30(16-52)70-46)13-28(54)43-20(2)32-29(69-43)15-27-25-8-7-23-14-24(9-11-50(23,5)26(25)10-12-51(27,32)6)68-49-45(73-48-41(63)37(59)34(56)22(4)67-48)42(64)44(31(17-53)71-49)72-47-40(62)36(58)33(55)21(3)66-47/h7,19,21-22,24-27,29-42,44-49,52-53,55-64H,8-18H2,1-6H3/t19-,21+,22+,24+,25-,26+,27+,29+,30-,31-,32+,33+,34+,35-,36-,37-,38+,39-,40-,41-,42+,44-,45-,46-,47+,48+,49-,50+,51+/m1/s1. The quantitative estimate of drug-likeness (QED) is 0.0850. The molecule has 4 saturated heterocycles. The first-order chi connectivity index (χ1) is 34.5. The number of Topliss-reactive ketones (excluding diaryl/α,β-unsaturated/α-hetero) is 1. The number of hydrogen-bond donors (Lipinski definition) is 12. The van der Waals surface area contributed by atoms with Gasteiger partial charge >= 0.3 is 0 Å². The fraction of sp³-hybridized carbons (Fsp3) is 0.902. The second kappa shape index (κ2) is 21.8. The first kappa shape index (κ1) is 55.9. The second-order valence-corrected chi connectivity index (χ2v) is 23.2. The highest BCUT2D eigenvalue weighted by molar-refractivity contribution is 5.94. The summed E-state index contributed by atoms with van der Waals surface area (Å²) in [7, 11) is 0. The highest BCUT2D eigenvalue weighted by Crippen LogP contribution is 2.69. The van der Waals surface area contributed by atoms with Crippen LogP contribution in [0.25, 0.3) is 0 Å². The highest BCUT2D eigenvalue weighted by atomic mass is 16.8. The summed E-state index contributed by atoms with van der Waals surface area (Å²) < 4.78 is 54.4. The van der Waals surface area contributed by atoms with Gasteiger partial charge in [0.1, 0.15) is 91.6 Å². The molecule has 7 fully saturated rings. The normalized spacial score (nSPS) is 52.3. The number of ketones is 1. The Hall–Kier alpha value is -1.85. The van der Waals surface area contributed by atoms with Crippen LogP contribution in [0, 0.1) is 40.4 Å². The summed E-state index contributed by atoms with van der Waals surface area (Å²) in [5.41, 5.74) is 1.97. The van der Waals surface area contributed by atoms with Crippen molar-refractivity contribution in [3.05, 3.63) is 23.0 Å². The predicted octanol–water partition coefficient (Wildman–Crippen LogP) is -1.85. The Balaban J connectivity index is 0.859. The van der Waals surface area contributed by atoms with Crippen molar-refractivity contribution >= 4 is 5.78 Å². The molecule has 0 radical (unpaired) electrons. The Morgan fingerprint density at radius 1 is 0.685 bits per heavy atom. The molecule has 3 saturated carbocycles. The van der Waals surface area contributed by atoms with E-state index in [0.29, 0.717) is 36.4 Å². The van der Waals surface area contributed by atoms with Crippen LogP contribution in [0.1, 0.15) is 92.9 Å². The smallest absolute Gasteiger partial charge is 0.197 e. The molecule has 22 nitrogen and oxygen atoms in total. The number of carbonyl (C=O) groups excluding carboxylic acids is 1. The molecule has 0 aromatic heterocycles. The van der Waals surface area contributed by atoms with Gasteiger partial charge in [-0.05, 0) is 106 Å². The largest absolute Gasteiger partial charge is 0.486 e. The Morgan fingerprint density at radius 3 is 1.90 bits per heavy atom. The number of aliphatic hydroxyl groups is 12. The Morgan fingerprint density at radius 2 is 1.27 bits per heavy atom. The average Bonchev–Trinajstić information content (AvgIpc) is 3.86. The van der Waals surface area contributed by atoms with Crippen molar-refractivity contribution < 1.29 is 109 Å². The highest BCUT2D eigenvalue weighted by Gasteiger charge is 2.64. The molecule has 29 atom stereocenters. The summed E-state index contributed by atoms with van der Waals surface area (Å²) in [6, 6.07) is 0. The van der Waals surface area contributed by atoms with Crippen LogP contribution >= 0.6 is 0 Å². The third-order valence-corrected chi connectivity index (χ3v) is 18.7. The van der Waals surface area contributed by atoms with Gasteiger partial charge in [0.15, 0.2) is 36.7 Å². The van der Waals surface area contributed by atoms with Crippen molar-refractivity contribution in [1.29, 1.82) is 0 Å². The van der Waals surface area contributed by atoms with E-state index >= 15 is 0 Å². The van der Waals surface area contributed by atoms with Gasteiger partial charge in [-0.15, -0.1) is 0 Å². The van der Waals surface area contributed by atoms with Crippen molar-refractivity contribution in [2.75, 3.05) is 19.8 Å². The van der Waals surface area contributed by atoms with Crippen LogP contribution in [0.2, 0.25) is 0 Å². The molecular formula is C51H80O22. The maximum atomic E-state index is 13.8. The first-order valence-electron chi connectivity index (χ1n) is 26.3. The van der Waals surface area contributed by atoms with E-state index in [2.05, 4.69) is 19.9 Å². The average molecular weight is 1050 g/mol. The SMILES string of the molecule is CC1=C(C(=O)C[C@@H](C)CO[C@@H]2O[C@H](CO)[C@@H](O)[C@H](O)[C@H]2O)O[C@H]2C[C@H]3[C@@H]4CC=C5C[C@@H](O[C@@H]6O[C@H](CO)[C@@H](O[C@@H]7O[C@@H](C)[C@H](O)[C@@H](O)[C@H]7O)[C@H](O)[C@H]6O[C@@H]6O[C@@H](C)[C@H](O)[C@@H](O)[C@H]6O)CC[C@]5(C)[C@H]4CC[C@]3(C)[C@@H]12. The number of aliphatic hydroxyl groups excluding tert-OH is 12. The minimum Gasteiger partial charge on any atom is -0.486 e. The van der Waals surface area contributed by atoms with E-state index in [1.54, 1.807) is 0 Å². The minimum absolute atomic E-state index is 0.0194. The van der Waals surface area contributed by atoms with Gasteiger partial charge < -0.3 is 104 Å². The minimum atomic E-state index is -1.75. The molecule has 12 N–H and O–H groups in total. The van der Waals surface area contributed by atoms with Crippen LogP contribution < -0.4 is 0 Å². The number of ether oxygens (including phenoxy) is 9. The van der Waals surface area contributed by atoms with Gasteiger partial charge in [0, 0.05) is 12.3 Å². The third-order valence-electron chi connectivity index (χ3n) is 18.7. The maximum Gasteiger partial charge on any atom is 0.197 e. The maximum absolute atomic E-state index is 13.8. The van der Waals surface area contributed by atoms with Gasteiger partial charge in [-0.25, -0.2) is 0 Å². The Kier molecular flexibility index (Phi) is 16.7. The molecule has 5 heterocycles.